The molecular weight excluding hydrogens is 288 g/mol. The Morgan fingerprint density at radius 1 is 1.41 bits per heavy atom. The number of aromatic amines is 1. The van der Waals surface area contributed by atoms with E-state index in [1.165, 1.54) is 18.3 Å². The summed E-state index contributed by atoms with van der Waals surface area (Å²) in [6.07, 6.45) is 4.43. The number of nitrogens with one attached hydrogen (secondary N) is 1. The molecular formula is C10H8Cl3NO3. The van der Waals surface area contributed by atoms with Gasteiger partial charge in [-0.3, -0.25) is 9.59 Å². The minimum Gasteiger partial charge on any atom is -0.481 e. The van der Waals surface area contributed by atoms with Crippen LogP contribution in [0.3, 0.4) is 0 Å². The van der Waals surface area contributed by atoms with Gasteiger partial charge in [0.1, 0.15) is 0 Å². The number of hydrogen-bond donors (Lipinski definition) is 2. The fourth-order valence-corrected chi connectivity index (χ4v) is 1.39. The first kappa shape index (κ1) is 14.1. The number of Topliss-reactive ketones (excluding diaryl/α,β-unsaturated/α-hetero) is 1. The lowest BCUT2D eigenvalue weighted by atomic mass is 10.2. The second kappa shape index (κ2) is 5.58. The number of carboxylic acids is 1. The summed E-state index contributed by atoms with van der Waals surface area (Å²) in [7, 11) is 0. The van der Waals surface area contributed by atoms with Gasteiger partial charge in [-0.25, -0.2) is 0 Å². The van der Waals surface area contributed by atoms with Crippen LogP contribution < -0.4 is 0 Å². The molecule has 0 aromatic carbocycles. The van der Waals surface area contributed by atoms with Crippen molar-refractivity contribution in [3.63, 3.8) is 0 Å². The molecule has 0 amide bonds. The van der Waals surface area contributed by atoms with E-state index in [9.17, 15) is 9.59 Å². The molecule has 92 valence electrons. The maximum atomic E-state index is 11.5. The first-order chi connectivity index (χ1) is 7.80. The number of carbonyl (C=O) groups is 2. The summed E-state index contributed by atoms with van der Waals surface area (Å²) in [4.78, 5) is 24.4. The highest BCUT2D eigenvalue weighted by molar-refractivity contribution is 6.77. The highest BCUT2D eigenvalue weighted by Gasteiger charge is 2.32. The summed E-state index contributed by atoms with van der Waals surface area (Å²) in [5.41, 5.74) is 0.781. The van der Waals surface area contributed by atoms with Gasteiger partial charge in [-0.1, -0.05) is 47.0 Å². The van der Waals surface area contributed by atoms with E-state index in [4.69, 9.17) is 39.9 Å². The summed E-state index contributed by atoms with van der Waals surface area (Å²) >= 11 is 16.3. The normalized spacial score (nSPS) is 11.9. The molecule has 0 aliphatic carbocycles. The lowest BCUT2D eigenvalue weighted by Crippen LogP contribution is -2.19. The third kappa shape index (κ3) is 4.42. The predicted molar refractivity (Wildman–Crippen MR) is 66.7 cm³/mol. The molecule has 0 fully saturated rings. The van der Waals surface area contributed by atoms with Crippen molar-refractivity contribution in [3.8, 4) is 0 Å². The van der Waals surface area contributed by atoms with Crippen molar-refractivity contribution < 1.29 is 14.7 Å². The van der Waals surface area contributed by atoms with E-state index in [2.05, 4.69) is 4.98 Å². The third-order valence-electron chi connectivity index (χ3n) is 1.81. The van der Waals surface area contributed by atoms with Gasteiger partial charge in [-0.15, -0.1) is 0 Å². The van der Waals surface area contributed by atoms with E-state index >= 15 is 0 Å². The maximum absolute atomic E-state index is 11.5. The van der Waals surface area contributed by atoms with Crippen LogP contribution in [0.2, 0.25) is 0 Å². The van der Waals surface area contributed by atoms with Crippen LogP contribution in [-0.4, -0.2) is 25.6 Å². The maximum Gasteiger partial charge on any atom is 0.307 e. The van der Waals surface area contributed by atoms with Gasteiger partial charge in [0.15, 0.2) is 0 Å². The number of H-pyrrole nitrogens is 1. The molecule has 0 aliphatic heterocycles. The van der Waals surface area contributed by atoms with Crippen LogP contribution in [0.25, 0.3) is 6.08 Å². The summed E-state index contributed by atoms with van der Waals surface area (Å²) in [6, 6.07) is 1.47. The Bertz CT molecular complexity index is 460. The fraction of sp³-hybridized carbons (Fsp3) is 0.200. The third-order valence-corrected chi connectivity index (χ3v) is 2.33. The zero-order valence-electron chi connectivity index (χ0n) is 8.41. The predicted octanol–water partition coefficient (Wildman–Crippen LogP) is 3.06. The molecule has 0 bridgehead atoms. The van der Waals surface area contributed by atoms with E-state index in [0.717, 1.165) is 0 Å². The minimum absolute atomic E-state index is 0.0983. The monoisotopic (exact) mass is 295 g/mol. The highest BCUT2D eigenvalue weighted by atomic mass is 35.6. The molecule has 1 rings (SSSR count). The van der Waals surface area contributed by atoms with Crippen LogP contribution in [0.1, 0.15) is 22.5 Å². The van der Waals surface area contributed by atoms with E-state index in [0.29, 0.717) is 5.56 Å². The van der Waals surface area contributed by atoms with Gasteiger partial charge in [0.2, 0.25) is 5.78 Å². The average molecular weight is 297 g/mol. The van der Waals surface area contributed by atoms with Crippen molar-refractivity contribution in [2.24, 2.45) is 0 Å². The summed E-state index contributed by atoms with van der Waals surface area (Å²) < 4.78 is -2.01. The second-order valence-corrected chi connectivity index (χ2v) is 5.46. The van der Waals surface area contributed by atoms with Crippen LogP contribution in [0.4, 0.5) is 0 Å². The highest BCUT2D eigenvalue weighted by Crippen LogP contribution is 2.30. The topological polar surface area (TPSA) is 70.2 Å². The summed E-state index contributed by atoms with van der Waals surface area (Å²) in [6.45, 7) is 0. The summed E-state index contributed by atoms with van der Waals surface area (Å²) in [5.74, 6) is -1.60. The molecule has 0 aliphatic rings. The SMILES string of the molecule is O=C(O)CC=Cc1c[nH]c(C(=O)C(Cl)(Cl)Cl)c1. The number of ketones is 1. The van der Waals surface area contributed by atoms with Gasteiger partial charge in [-0.2, -0.15) is 0 Å². The Morgan fingerprint density at radius 2 is 2.06 bits per heavy atom. The van der Waals surface area contributed by atoms with E-state index < -0.39 is 15.5 Å². The molecule has 1 heterocycles. The number of halogens is 3. The fourth-order valence-electron chi connectivity index (χ4n) is 1.09. The zero-order valence-corrected chi connectivity index (χ0v) is 10.7. The van der Waals surface area contributed by atoms with Gasteiger partial charge >= 0.3 is 5.97 Å². The Balaban J connectivity index is 2.75. The molecule has 0 saturated heterocycles. The number of rotatable bonds is 4. The molecule has 1 aromatic heterocycles. The van der Waals surface area contributed by atoms with Crippen molar-refractivity contribution in [2.45, 2.75) is 10.2 Å². The summed E-state index contributed by atoms with van der Waals surface area (Å²) in [5, 5.41) is 8.43. The zero-order chi connectivity index (χ0) is 13.1. The average Bonchev–Trinajstić information content (AvgIpc) is 2.63. The van der Waals surface area contributed by atoms with E-state index in [-0.39, 0.29) is 12.1 Å². The first-order valence-corrected chi connectivity index (χ1v) is 5.62. The standard InChI is InChI=1S/C10H8Cl3NO3/c11-10(12,13)9(17)7-4-6(5-14-7)2-1-3-8(15)16/h1-2,4-5,14H,3H2,(H,15,16). The van der Waals surface area contributed by atoms with Crippen molar-refractivity contribution in [2.75, 3.05) is 0 Å². The molecule has 0 spiro atoms. The molecule has 0 saturated carbocycles. The van der Waals surface area contributed by atoms with Crippen LogP contribution in [-0.2, 0) is 4.79 Å². The molecule has 1 aromatic rings. The van der Waals surface area contributed by atoms with Crippen molar-refractivity contribution in [1.82, 2.24) is 4.98 Å². The van der Waals surface area contributed by atoms with Gasteiger partial charge < -0.3 is 10.1 Å². The molecule has 4 nitrogen and oxygen atoms in total. The molecule has 7 heteroatoms. The molecule has 17 heavy (non-hydrogen) atoms. The number of aliphatic carboxylic acids is 1. The van der Waals surface area contributed by atoms with E-state index in [1.54, 1.807) is 6.08 Å². The Labute approximate surface area is 112 Å². The Morgan fingerprint density at radius 3 is 2.59 bits per heavy atom. The minimum atomic E-state index is -2.01. The number of hydrogen-bond acceptors (Lipinski definition) is 2. The van der Waals surface area contributed by atoms with Crippen molar-refractivity contribution >= 4 is 52.6 Å². The van der Waals surface area contributed by atoms with Crippen LogP contribution in [0, 0.1) is 0 Å². The van der Waals surface area contributed by atoms with Crippen LogP contribution in [0.5, 0.6) is 0 Å². The second-order valence-electron chi connectivity index (χ2n) is 3.17. The largest absolute Gasteiger partial charge is 0.481 e. The molecule has 0 unspecified atom stereocenters. The number of alkyl halides is 3. The van der Waals surface area contributed by atoms with Gasteiger partial charge in [0.05, 0.1) is 12.1 Å². The number of carboxylic acid groups (broad SMARTS) is 1. The van der Waals surface area contributed by atoms with Crippen LogP contribution >= 0.6 is 34.8 Å². The number of aromatic nitrogens is 1. The molecule has 0 atom stereocenters. The first-order valence-electron chi connectivity index (χ1n) is 4.49. The van der Waals surface area contributed by atoms with Crippen molar-refractivity contribution in [3.05, 3.63) is 29.6 Å². The molecule has 2 N–H and O–H groups in total. The van der Waals surface area contributed by atoms with Gasteiger partial charge in [-0.05, 0) is 11.6 Å². The van der Waals surface area contributed by atoms with Gasteiger partial charge in [0, 0.05) is 6.20 Å². The molecule has 0 radical (unpaired) electrons. The Kier molecular flexibility index (Phi) is 4.62. The lowest BCUT2D eigenvalue weighted by Gasteiger charge is -2.06. The quantitative estimate of drug-likeness (QED) is 0.662. The smallest absolute Gasteiger partial charge is 0.307 e. The Hall–Kier alpha value is -0.970. The number of carbonyl (C=O) groups excluding carboxylic acids is 1. The van der Waals surface area contributed by atoms with Crippen LogP contribution in [0.15, 0.2) is 18.3 Å². The van der Waals surface area contributed by atoms with E-state index in [1.807, 2.05) is 0 Å². The van der Waals surface area contributed by atoms with Crippen molar-refractivity contribution in [1.29, 1.82) is 0 Å². The lowest BCUT2D eigenvalue weighted by molar-refractivity contribution is -0.135. The van der Waals surface area contributed by atoms with Gasteiger partial charge in [0.25, 0.3) is 3.79 Å².